The van der Waals surface area contributed by atoms with Gasteiger partial charge in [0.1, 0.15) is 11.6 Å². The first-order valence-corrected chi connectivity index (χ1v) is 5.99. The second-order valence-corrected chi connectivity index (χ2v) is 4.56. The molecule has 0 spiro atoms. The van der Waals surface area contributed by atoms with E-state index in [4.69, 9.17) is 0 Å². The molecule has 0 unspecified atom stereocenters. The first-order valence-electron chi connectivity index (χ1n) is 5.17. The Bertz CT molecular complexity index is 667. The summed E-state index contributed by atoms with van der Waals surface area (Å²) in [5.74, 6) is -1.26. The zero-order valence-corrected chi connectivity index (χ0v) is 10.1. The lowest BCUT2D eigenvalue weighted by Gasteiger charge is -1.99. The molecular weight excluding hydrogens is 258 g/mol. The summed E-state index contributed by atoms with van der Waals surface area (Å²) in [6, 6.07) is 3.74. The van der Waals surface area contributed by atoms with Crippen molar-refractivity contribution in [3.63, 3.8) is 0 Å². The summed E-state index contributed by atoms with van der Waals surface area (Å²) < 4.78 is 28.7. The number of aromatic nitrogens is 3. The van der Waals surface area contributed by atoms with E-state index >= 15 is 0 Å². The van der Waals surface area contributed by atoms with Crippen LogP contribution in [0.4, 0.5) is 13.9 Å². The van der Waals surface area contributed by atoms with Crippen molar-refractivity contribution in [2.45, 2.75) is 0 Å². The van der Waals surface area contributed by atoms with E-state index in [2.05, 4.69) is 15.4 Å². The smallest absolute Gasteiger partial charge is 0.214 e. The van der Waals surface area contributed by atoms with E-state index in [1.165, 1.54) is 40.2 Å². The van der Waals surface area contributed by atoms with Crippen LogP contribution in [0.25, 0.3) is 16.2 Å². The molecule has 3 rings (SSSR count). The molecule has 2 aromatic heterocycles. The highest BCUT2D eigenvalue weighted by Crippen LogP contribution is 2.27. The van der Waals surface area contributed by atoms with Gasteiger partial charge in [0.2, 0.25) is 10.1 Å². The molecule has 0 saturated carbocycles. The van der Waals surface area contributed by atoms with Crippen molar-refractivity contribution in [1.29, 1.82) is 0 Å². The van der Waals surface area contributed by atoms with Crippen LogP contribution in [0.1, 0.15) is 0 Å². The SMILES string of the molecule is CNc1nn2cc(-c3c(F)cccc3F)nc2s1. The fraction of sp³-hybridized carbons (Fsp3) is 0.0909. The van der Waals surface area contributed by atoms with Crippen LogP contribution in [0.15, 0.2) is 24.4 Å². The number of nitrogens with zero attached hydrogens (tertiary/aromatic N) is 3. The predicted octanol–water partition coefficient (Wildman–Crippen LogP) is 2.78. The Kier molecular flexibility index (Phi) is 2.48. The minimum Gasteiger partial charge on any atom is -0.363 e. The molecule has 0 aliphatic heterocycles. The minimum atomic E-state index is -0.630. The summed E-state index contributed by atoms with van der Waals surface area (Å²) >= 11 is 1.31. The van der Waals surface area contributed by atoms with Crippen LogP contribution in [0.5, 0.6) is 0 Å². The monoisotopic (exact) mass is 266 g/mol. The van der Waals surface area contributed by atoms with Crippen LogP contribution in [0.3, 0.4) is 0 Å². The van der Waals surface area contributed by atoms with Crippen LogP contribution >= 0.6 is 11.3 Å². The number of benzene rings is 1. The van der Waals surface area contributed by atoms with Gasteiger partial charge >= 0.3 is 0 Å². The highest BCUT2D eigenvalue weighted by Gasteiger charge is 2.16. The predicted molar refractivity (Wildman–Crippen MR) is 65.8 cm³/mol. The van der Waals surface area contributed by atoms with E-state index in [1.807, 2.05) is 0 Å². The molecule has 92 valence electrons. The van der Waals surface area contributed by atoms with Crippen LogP contribution in [0, 0.1) is 11.6 Å². The van der Waals surface area contributed by atoms with E-state index in [0.29, 0.717) is 10.1 Å². The van der Waals surface area contributed by atoms with Gasteiger partial charge < -0.3 is 5.32 Å². The Balaban J connectivity index is 2.17. The zero-order chi connectivity index (χ0) is 12.7. The standard InChI is InChI=1S/C11H8F2N4S/c1-14-10-16-17-5-8(15-11(17)18-10)9-6(12)3-2-4-7(9)13/h2-5H,1H3,(H,14,16). The van der Waals surface area contributed by atoms with Gasteiger partial charge in [-0.1, -0.05) is 17.4 Å². The maximum absolute atomic E-state index is 13.6. The summed E-state index contributed by atoms with van der Waals surface area (Å²) in [6.07, 6.45) is 1.51. The molecule has 0 fully saturated rings. The van der Waals surface area contributed by atoms with Crippen molar-refractivity contribution in [2.75, 3.05) is 12.4 Å². The second kappa shape index (κ2) is 4.02. The van der Waals surface area contributed by atoms with Crippen molar-refractivity contribution in [2.24, 2.45) is 0 Å². The molecule has 0 aliphatic carbocycles. The number of hydrogen-bond acceptors (Lipinski definition) is 4. The average Bonchev–Trinajstić information content (AvgIpc) is 2.86. The van der Waals surface area contributed by atoms with Gasteiger partial charge in [-0.3, -0.25) is 0 Å². The normalized spacial score (nSPS) is 11.1. The van der Waals surface area contributed by atoms with Crippen LogP contribution in [-0.4, -0.2) is 21.6 Å². The molecule has 4 nitrogen and oxygen atoms in total. The average molecular weight is 266 g/mol. The molecule has 0 radical (unpaired) electrons. The molecule has 3 aromatic rings. The number of anilines is 1. The summed E-state index contributed by atoms with van der Waals surface area (Å²) in [5.41, 5.74) is 0.119. The van der Waals surface area contributed by atoms with Crippen molar-refractivity contribution in [3.05, 3.63) is 36.0 Å². The van der Waals surface area contributed by atoms with Gasteiger partial charge in [-0.2, -0.15) is 0 Å². The lowest BCUT2D eigenvalue weighted by Crippen LogP contribution is -1.90. The number of imidazole rings is 1. The Morgan fingerprint density at radius 1 is 1.28 bits per heavy atom. The van der Waals surface area contributed by atoms with E-state index < -0.39 is 11.6 Å². The summed E-state index contributed by atoms with van der Waals surface area (Å²) in [6.45, 7) is 0. The Hall–Kier alpha value is -2.02. The molecule has 0 amide bonds. The summed E-state index contributed by atoms with van der Waals surface area (Å²) in [7, 11) is 1.75. The number of fused-ring (bicyclic) bond motifs is 1. The summed E-state index contributed by atoms with van der Waals surface area (Å²) in [5, 5.41) is 7.73. The molecular formula is C11H8F2N4S. The molecule has 0 saturated heterocycles. The molecule has 1 aromatic carbocycles. The van der Waals surface area contributed by atoms with Crippen molar-refractivity contribution in [3.8, 4) is 11.3 Å². The maximum atomic E-state index is 13.6. The van der Waals surface area contributed by atoms with Gasteiger partial charge in [0.15, 0.2) is 0 Å². The third-order valence-electron chi connectivity index (χ3n) is 2.48. The zero-order valence-electron chi connectivity index (χ0n) is 9.32. The fourth-order valence-corrected chi connectivity index (χ4v) is 2.40. The molecule has 1 N–H and O–H groups in total. The van der Waals surface area contributed by atoms with E-state index in [9.17, 15) is 8.78 Å². The Labute approximate surface area is 105 Å². The molecule has 0 aliphatic rings. The maximum Gasteiger partial charge on any atom is 0.214 e. The summed E-state index contributed by atoms with van der Waals surface area (Å²) in [4.78, 5) is 4.75. The molecule has 18 heavy (non-hydrogen) atoms. The Morgan fingerprint density at radius 3 is 2.61 bits per heavy atom. The number of rotatable bonds is 2. The minimum absolute atomic E-state index is 0.124. The number of hydrogen-bond donors (Lipinski definition) is 1. The quantitative estimate of drug-likeness (QED) is 0.775. The van der Waals surface area contributed by atoms with Crippen LogP contribution in [-0.2, 0) is 0 Å². The van der Waals surface area contributed by atoms with Crippen molar-refractivity contribution < 1.29 is 8.78 Å². The highest BCUT2D eigenvalue weighted by atomic mass is 32.1. The number of halogens is 2. The van der Waals surface area contributed by atoms with Gasteiger partial charge in [0.25, 0.3) is 0 Å². The van der Waals surface area contributed by atoms with Gasteiger partial charge in [-0.25, -0.2) is 18.3 Å². The first-order chi connectivity index (χ1) is 8.69. The lowest BCUT2D eigenvalue weighted by molar-refractivity contribution is 0.589. The first kappa shape index (κ1) is 11.1. The largest absolute Gasteiger partial charge is 0.363 e. The molecule has 0 bridgehead atoms. The third-order valence-corrected chi connectivity index (χ3v) is 3.42. The highest BCUT2D eigenvalue weighted by molar-refractivity contribution is 7.20. The van der Waals surface area contributed by atoms with Gasteiger partial charge in [0, 0.05) is 7.05 Å². The van der Waals surface area contributed by atoms with Gasteiger partial charge in [-0.15, -0.1) is 5.10 Å². The van der Waals surface area contributed by atoms with E-state index in [1.54, 1.807) is 7.05 Å². The molecule has 7 heteroatoms. The molecule has 0 atom stereocenters. The van der Waals surface area contributed by atoms with Crippen molar-refractivity contribution in [1.82, 2.24) is 14.6 Å². The van der Waals surface area contributed by atoms with E-state index in [-0.39, 0.29) is 11.3 Å². The van der Waals surface area contributed by atoms with Gasteiger partial charge in [-0.05, 0) is 12.1 Å². The fourth-order valence-electron chi connectivity index (χ4n) is 1.66. The Morgan fingerprint density at radius 2 is 2.00 bits per heavy atom. The molecule has 2 heterocycles. The topological polar surface area (TPSA) is 42.2 Å². The number of nitrogens with one attached hydrogen (secondary N) is 1. The van der Waals surface area contributed by atoms with Crippen LogP contribution < -0.4 is 5.32 Å². The van der Waals surface area contributed by atoms with Gasteiger partial charge in [0.05, 0.1) is 17.5 Å². The third kappa shape index (κ3) is 1.63. The van der Waals surface area contributed by atoms with Crippen molar-refractivity contribution >= 4 is 21.4 Å². The lowest BCUT2D eigenvalue weighted by atomic mass is 10.1. The van der Waals surface area contributed by atoms with Crippen LogP contribution in [0.2, 0.25) is 0 Å². The second-order valence-electron chi connectivity index (χ2n) is 3.61. The van der Waals surface area contributed by atoms with E-state index in [0.717, 1.165) is 0 Å².